The molecular formula is C26H28O2S. The van der Waals surface area contributed by atoms with Gasteiger partial charge in [-0.05, 0) is 46.7 Å². The highest BCUT2D eigenvalue weighted by atomic mass is 32.2. The third kappa shape index (κ3) is 4.58. The molecule has 1 aliphatic rings. The van der Waals surface area contributed by atoms with Gasteiger partial charge in [0.25, 0.3) is 0 Å². The molecule has 3 aromatic rings. The van der Waals surface area contributed by atoms with E-state index < -0.39 is 0 Å². The van der Waals surface area contributed by atoms with Crippen molar-refractivity contribution >= 4 is 11.8 Å². The van der Waals surface area contributed by atoms with Crippen molar-refractivity contribution in [3.05, 3.63) is 101 Å². The van der Waals surface area contributed by atoms with Crippen LogP contribution in [0.5, 0.6) is 0 Å². The SMILES string of the molecule is CCCCc1ccc2c(c1)CSc1ccccc1C2OC(CO)c1ccccc1. The van der Waals surface area contributed by atoms with Crippen LogP contribution in [0.4, 0.5) is 0 Å². The van der Waals surface area contributed by atoms with Crippen molar-refractivity contribution < 1.29 is 9.84 Å². The average molecular weight is 405 g/mol. The second-order valence-corrected chi connectivity index (χ2v) is 8.58. The normalized spacial score (nSPS) is 16.6. The third-order valence-corrected chi connectivity index (χ3v) is 6.67. The third-order valence-electron chi connectivity index (χ3n) is 5.53. The number of fused-ring (bicyclic) bond motifs is 2. The molecule has 0 radical (unpaired) electrons. The van der Waals surface area contributed by atoms with Crippen LogP contribution in [-0.2, 0) is 16.9 Å². The van der Waals surface area contributed by atoms with E-state index in [-0.39, 0.29) is 18.8 Å². The summed E-state index contributed by atoms with van der Waals surface area (Å²) in [5.74, 6) is 0.946. The fourth-order valence-electron chi connectivity index (χ4n) is 3.93. The van der Waals surface area contributed by atoms with Crippen LogP contribution in [-0.4, -0.2) is 11.7 Å². The number of rotatable bonds is 7. The number of aryl methyl sites for hydroxylation is 1. The number of aliphatic hydroxyl groups excluding tert-OH is 1. The fourth-order valence-corrected chi connectivity index (χ4v) is 5.01. The van der Waals surface area contributed by atoms with Gasteiger partial charge in [0.15, 0.2) is 0 Å². The van der Waals surface area contributed by atoms with Crippen LogP contribution in [0.3, 0.4) is 0 Å². The summed E-state index contributed by atoms with van der Waals surface area (Å²) in [4.78, 5) is 1.26. The zero-order valence-corrected chi connectivity index (χ0v) is 17.7. The van der Waals surface area contributed by atoms with Gasteiger partial charge in [0.1, 0.15) is 12.2 Å². The van der Waals surface area contributed by atoms with Gasteiger partial charge in [-0.15, -0.1) is 11.8 Å². The van der Waals surface area contributed by atoms with Gasteiger partial charge >= 0.3 is 0 Å². The first kappa shape index (κ1) is 20.2. The van der Waals surface area contributed by atoms with Crippen molar-refractivity contribution in [2.45, 2.75) is 49.0 Å². The number of hydrogen-bond donors (Lipinski definition) is 1. The van der Waals surface area contributed by atoms with Crippen LogP contribution in [0.1, 0.15) is 59.8 Å². The van der Waals surface area contributed by atoms with Crippen LogP contribution >= 0.6 is 11.8 Å². The van der Waals surface area contributed by atoms with Gasteiger partial charge in [-0.2, -0.15) is 0 Å². The molecule has 0 aliphatic carbocycles. The molecule has 3 heteroatoms. The maximum atomic E-state index is 10.1. The molecule has 150 valence electrons. The molecule has 1 N–H and O–H groups in total. The Labute approximate surface area is 177 Å². The van der Waals surface area contributed by atoms with E-state index in [4.69, 9.17) is 4.74 Å². The van der Waals surface area contributed by atoms with Gasteiger partial charge in [0, 0.05) is 10.6 Å². The quantitative estimate of drug-likeness (QED) is 0.489. The number of unbranched alkanes of at least 4 members (excludes halogenated alkanes) is 1. The topological polar surface area (TPSA) is 29.5 Å². The Morgan fingerprint density at radius 2 is 1.79 bits per heavy atom. The molecule has 0 spiro atoms. The second-order valence-electron chi connectivity index (χ2n) is 7.56. The van der Waals surface area contributed by atoms with Gasteiger partial charge in [-0.25, -0.2) is 0 Å². The predicted octanol–water partition coefficient (Wildman–Crippen LogP) is 6.47. The van der Waals surface area contributed by atoms with Crippen molar-refractivity contribution in [3.63, 3.8) is 0 Å². The first-order valence-corrected chi connectivity index (χ1v) is 11.4. The van der Waals surface area contributed by atoms with E-state index in [0.717, 1.165) is 17.7 Å². The summed E-state index contributed by atoms with van der Waals surface area (Å²) in [6, 6.07) is 25.4. The summed E-state index contributed by atoms with van der Waals surface area (Å²) >= 11 is 1.88. The van der Waals surface area contributed by atoms with E-state index in [2.05, 4.69) is 49.4 Å². The highest BCUT2D eigenvalue weighted by Gasteiger charge is 2.28. The van der Waals surface area contributed by atoms with Gasteiger partial charge < -0.3 is 9.84 Å². The fraction of sp³-hybridized carbons (Fsp3) is 0.308. The van der Waals surface area contributed by atoms with E-state index in [0.29, 0.717) is 0 Å². The maximum absolute atomic E-state index is 10.1. The molecule has 0 aromatic heterocycles. The Morgan fingerprint density at radius 1 is 1.00 bits per heavy atom. The van der Waals surface area contributed by atoms with Gasteiger partial charge in [-0.3, -0.25) is 0 Å². The zero-order chi connectivity index (χ0) is 20.1. The van der Waals surface area contributed by atoms with Gasteiger partial charge in [0.2, 0.25) is 0 Å². The maximum Gasteiger partial charge on any atom is 0.110 e. The van der Waals surface area contributed by atoms with Crippen molar-refractivity contribution in [2.24, 2.45) is 0 Å². The first-order chi connectivity index (χ1) is 14.3. The number of aliphatic hydroxyl groups is 1. The summed E-state index contributed by atoms with van der Waals surface area (Å²) < 4.78 is 6.62. The minimum Gasteiger partial charge on any atom is -0.393 e. The minimum atomic E-state index is -0.357. The lowest BCUT2D eigenvalue weighted by molar-refractivity contribution is -0.0260. The number of benzene rings is 3. The molecule has 1 heterocycles. The molecule has 0 amide bonds. The average Bonchev–Trinajstić information content (AvgIpc) is 2.93. The number of thioether (sulfide) groups is 1. The molecule has 29 heavy (non-hydrogen) atoms. The Bertz CT molecular complexity index is 938. The summed E-state index contributed by atoms with van der Waals surface area (Å²) in [6.07, 6.45) is 3.00. The molecule has 2 nitrogen and oxygen atoms in total. The largest absolute Gasteiger partial charge is 0.393 e. The van der Waals surface area contributed by atoms with Crippen molar-refractivity contribution in [1.29, 1.82) is 0 Å². The molecule has 2 unspecified atom stereocenters. The Kier molecular flexibility index (Phi) is 6.70. The van der Waals surface area contributed by atoms with Gasteiger partial charge in [-0.1, -0.05) is 80.1 Å². The summed E-state index contributed by atoms with van der Waals surface area (Å²) in [5.41, 5.74) is 6.15. The summed E-state index contributed by atoms with van der Waals surface area (Å²) in [5, 5.41) is 10.1. The van der Waals surface area contributed by atoms with Crippen molar-refractivity contribution in [2.75, 3.05) is 6.61 Å². The standard InChI is InChI=1S/C26H28O2S/c1-2-3-9-19-14-15-22-21(16-19)18-29-25-13-8-7-12-23(25)26(22)28-24(17-27)20-10-5-4-6-11-20/h4-8,10-16,24,26-27H,2-3,9,17-18H2,1H3. The molecule has 2 atom stereocenters. The molecule has 0 bridgehead atoms. The van der Waals surface area contributed by atoms with E-state index in [1.807, 2.05) is 42.1 Å². The molecule has 3 aromatic carbocycles. The number of ether oxygens (including phenoxy) is 1. The monoisotopic (exact) mass is 404 g/mol. The molecule has 0 saturated heterocycles. The summed E-state index contributed by atoms with van der Waals surface area (Å²) in [7, 11) is 0. The highest BCUT2D eigenvalue weighted by molar-refractivity contribution is 7.98. The molecule has 0 saturated carbocycles. The molecule has 0 fully saturated rings. The predicted molar refractivity (Wildman–Crippen MR) is 120 cm³/mol. The smallest absolute Gasteiger partial charge is 0.110 e. The van der Waals surface area contributed by atoms with Crippen LogP contribution in [0.15, 0.2) is 77.7 Å². The lowest BCUT2D eigenvalue weighted by Crippen LogP contribution is -2.16. The first-order valence-electron chi connectivity index (χ1n) is 10.4. The Morgan fingerprint density at radius 3 is 2.59 bits per heavy atom. The lowest BCUT2D eigenvalue weighted by Gasteiger charge is -2.26. The van der Waals surface area contributed by atoms with Crippen LogP contribution in [0.2, 0.25) is 0 Å². The summed E-state index contributed by atoms with van der Waals surface area (Å²) in [6.45, 7) is 2.19. The second kappa shape index (κ2) is 9.62. The van der Waals surface area contributed by atoms with Crippen LogP contribution in [0, 0.1) is 0 Å². The van der Waals surface area contributed by atoms with Crippen molar-refractivity contribution in [1.82, 2.24) is 0 Å². The van der Waals surface area contributed by atoms with E-state index in [1.54, 1.807) is 0 Å². The van der Waals surface area contributed by atoms with E-state index in [9.17, 15) is 5.11 Å². The van der Waals surface area contributed by atoms with Crippen LogP contribution < -0.4 is 0 Å². The van der Waals surface area contributed by atoms with Crippen molar-refractivity contribution in [3.8, 4) is 0 Å². The lowest BCUT2D eigenvalue weighted by atomic mass is 9.94. The molecule has 4 rings (SSSR count). The molecule has 1 aliphatic heterocycles. The Balaban J connectivity index is 1.73. The van der Waals surface area contributed by atoms with Gasteiger partial charge in [0.05, 0.1) is 6.61 Å². The van der Waals surface area contributed by atoms with E-state index in [1.165, 1.54) is 40.0 Å². The molecular weight excluding hydrogens is 376 g/mol. The Hall–Kier alpha value is -2.07. The number of hydrogen-bond acceptors (Lipinski definition) is 3. The van der Waals surface area contributed by atoms with Crippen LogP contribution in [0.25, 0.3) is 0 Å². The zero-order valence-electron chi connectivity index (χ0n) is 16.9. The van der Waals surface area contributed by atoms with E-state index >= 15 is 0 Å². The minimum absolute atomic E-state index is 0.0419. The highest BCUT2D eigenvalue weighted by Crippen LogP contribution is 2.43.